The second kappa shape index (κ2) is 11.7. The second-order valence-electron chi connectivity index (χ2n) is 8.50. The van der Waals surface area contributed by atoms with Crippen molar-refractivity contribution in [1.29, 1.82) is 5.26 Å². The lowest BCUT2D eigenvalue weighted by Gasteiger charge is -2.30. The minimum atomic E-state index is -1.04. The van der Waals surface area contributed by atoms with Crippen LogP contribution in [0.25, 0.3) is 0 Å². The summed E-state index contributed by atoms with van der Waals surface area (Å²) in [7, 11) is 0. The summed E-state index contributed by atoms with van der Waals surface area (Å²) in [6, 6.07) is 17.5. The van der Waals surface area contributed by atoms with Crippen LogP contribution in [-0.4, -0.2) is 41.5 Å². The van der Waals surface area contributed by atoms with Gasteiger partial charge >= 0.3 is 6.09 Å². The first-order chi connectivity index (χ1) is 15.6. The van der Waals surface area contributed by atoms with Gasteiger partial charge in [-0.05, 0) is 44.4 Å². The van der Waals surface area contributed by atoms with Crippen molar-refractivity contribution in [2.24, 2.45) is 0 Å². The molecule has 2 aromatic carbocycles. The highest BCUT2D eigenvalue weighted by Crippen LogP contribution is 2.24. The predicted octanol–water partition coefficient (Wildman–Crippen LogP) is 3.23. The Kier molecular flexibility index (Phi) is 8.98. The van der Waals surface area contributed by atoms with Gasteiger partial charge in [-0.3, -0.25) is 9.59 Å². The van der Waals surface area contributed by atoms with Gasteiger partial charge in [0.05, 0.1) is 6.07 Å². The van der Waals surface area contributed by atoms with Gasteiger partial charge in [0.2, 0.25) is 11.8 Å². The molecule has 0 saturated carbocycles. The number of nitrogens with one attached hydrogen (secondary N) is 2. The fourth-order valence-corrected chi connectivity index (χ4v) is 3.19. The Morgan fingerprint density at radius 2 is 1.67 bits per heavy atom. The lowest BCUT2D eigenvalue weighted by molar-refractivity contribution is -0.139. The number of aryl methyl sites for hydroxylation is 1. The molecule has 2 N–H and O–H groups in total. The van der Waals surface area contributed by atoms with E-state index in [1.165, 1.54) is 4.90 Å². The molecule has 0 aliphatic rings. The van der Waals surface area contributed by atoms with Crippen LogP contribution in [0.3, 0.4) is 0 Å². The topological polar surface area (TPSA) is 112 Å². The van der Waals surface area contributed by atoms with Crippen LogP contribution >= 0.6 is 0 Å². The summed E-state index contributed by atoms with van der Waals surface area (Å²) in [5.41, 5.74) is 1.58. The number of amides is 3. The maximum absolute atomic E-state index is 13.3. The minimum absolute atomic E-state index is 0.271. The minimum Gasteiger partial charge on any atom is -0.444 e. The third kappa shape index (κ3) is 7.96. The first kappa shape index (κ1) is 25.4. The van der Waals surface area contributed by atoms with Crippen LogP contribution in [0.2, 0.25) is 0 Å². The summed E-state index contributed by atoms with van der Waals surface area (Å²) in [6.45, 7) is 6.50. The molecule has 174 valence electrons. The second-order valence-corrected chi connectivity index (χ2v) is 8.50. The first-order valence-corrected chi connectivity index (χ1v) is 10.6. The number of alkyl carbamates (subject to hydrolysis) is 1. The molecule has 0 bridgehead atoms. The Balaban J connectivity index is 2.26. The molecular weight excluding hydrogens is 420 g/mol. The number of carbonyl (C=O) groups is 3. The zero-order valence-electron chi connectivity index (χ0n) is 19.4. The van der Waals surface area contributed by atoms with Crippen LogP contribution in [0.15, 0.2) is 54.6 Å². The van der Waals surface area contributed by atoms with Crippen molar-refractivity contribution in [3.05, 3.63) is 71.3 Å². The van der Waals surface area contributed by atoms with Crippen molar-refractivity contribution in [2.75, 3.05) is 13.1 Å². The SMILES string of the molecule is Cc1ccccc1C(C(=O)NCc1ccccc1)N(CC#N)C(=O)CNC(=O)OC(C)(C)C. The van der Waals surface area contributed by atoms with Gasteiger partial charge in [0, 0.05) is 6.54 Å². The summed E-state index contributed by atoms with van der Waals surface area (Å²) >= 11 is 0. The van der Waals surface area contributed by atoms with Crippen molar-refractivity contribution in [1.82, 2.24) is 15.5 Å². The van der Waals surface area contributed by atoms with Gasteiger partial charge in [-0.2, -0.15) is 5.26 Å². The molecule has 2 rings (SSSR count). The van der Waals surface area contributed by atoms with E-state index in [4.69, 9.17) is 4.74 Å². The number of nitriles is 1. The lowest BCUT2D eigenvalue weighted by atomic mass is 9.98. The highest BCUT2D eigenvalue weighted by Gasteiger charge is 2.32. The van der Waals surface area contributed by atoms with E-state index in [9.17, 15) is 19.6 Å². The molecule has 0 aliphatic carbocycles. The normalized spacial score (nSPS) is 11.6. The molecule has 0 saturated heterocycles. The van der Waals surface area contributed by atoms with Gasteiger partial charge in [0.25, 0.3) is 0 Å². The summed E-state index contributed by atoms with van der Waals surface area (Å²) in [5.74, 6) is -1.00. The summed E-state index contributed by atoms with van der Waals surface area (Å²) in [5, 5.41) is 14.6. The Hall–Kier alpha value is -3.86. The largest absolute Gasteiger partial charge is 0.444 e. The summed E-state index contributed by atoms with van der Waals surface area (Å²) in [6.07, 6.45) is -0.756. The molecule has 0 aliphatic heterocycles. The Morgan fingerprint density at radius 3 is 2.27 bits per heavy atom. The van der Waals surface area contributed by atoms with Crippen LogP contribution < -0.4 is 10.6 Å². The smallest absolute Gasteiger partial charge is 0.408 e. The first-order valence-electron chi connectivity index (χ1n) is 10.6. The van der Waals surface area contributed by atoms with Gasteiger partial charge < -0.3 is 20.3 Å². The summed E-state index contributed by atoms with van der Waals surface area (Å²) < 4.78 is 5.16. The van der Waals surface area contributed by atoms with E-state index in [1.807, 2.05) is 55.5 Å². The molecule has 1 unspecified atom stereocenters. The molecule has 33 heavy (non-hydrogen) atoms. The maximum atomic E-state index is 13.3. The fraction of sp³-hybridized carbons (Fsp3) is 0.360. The van der Waals surface area contributed by atoms with E-state index < -0.39 is 36.1 Å². The standard InChI is InChI=1S/C25H30N4O4/c1-18-10-8-9-13-20(18)22(23(31)27-16-19-11-6-5-7-12-19)29(15-14-26)21(30)17-28-24(32)33-25(2,3)4/h5-13,22H,15-17H2,1-4H3,(H,27,31)(H,28,32). The van der Waals surface area contributed by atoms with Crippen molar-refractivity contribution >= 4 is 17.9 Å². The molecule has 0 aromatic heterocycles. The number of hydrogen-bond acceptors (Lipinski definition) is 5. The maximum Gasteiger partial charge on any atom is 0.408 e. The third-order valence-electron chi connectivity index (χ3n) is 4.70. The Labute approximate surface area is 194 Å². The molecule has 8 heteroatoms. The molecule has 1 atom stereocenters. The van der Waals surface area contributed by atoms with Gasteiger partial charge in [-0.25, -0.2) is 4.79 Å². The van der Waals surface area contributed by atoms with Crippen LogP contribution in [0.5, 0.6) is 0 Å². The zero-order valence-corrected chi connectivity index (χ0v) is 19.4. The predicted molar refractivity (Wildman–Crippen MR) is 124 cm³/mol. The average molecular weight is 451 g/mol. The summed E-state index contributed by atoms with van der Waals surface area (Å²) in [4.78, 5) is 39.5. The fourth-order valence-electron chi connectivity index (χ4n) is 3.19. The van der Waals surface area contributed by atoms with E-state index in [-0.39, 0.29) is 13.1 Å². The molecule has 0 spiro atoms. The Morgan fingerprint density at radius 1 is 1.03 bits per heavy atom. The number of ether oxygens (including phenoxy) is 1. The molecule has 0 fully saturated rings. The van der Waals surface area contributed by atoms with Crippen LogP contribution in [0.1, 0.15) is 43.5 Å². The van der Waals surface area contributed by atoms with Crippen molar-refractivity contribution < 1.29 is 19.1 Å². The van der Waals surface area contributed by atoms with E-state index in [0.717, 1.165) is 11.1 Å². The van der Waals surface area contributed by atoms with E-state index in [0.29, 0.717) is 5.56 Å². The van der Waals surface area contributed by atoms with Gasteiger partial charge in [0.15, 0.2) is 0 Å². The van der Waals surface area contributed by atoms with Gasteiger partial charge in [0.1, 0.15) is 24.7 Å². The van der Waals surface area contributed by atoms with Crippen LogP contribution in [-0.2, 0) is 20.9 Å². The molecular formula is C25H30N4O4. The van der Waals surface area contributed by atoms with Crippen molar-refractivity contribution in [2.45, 2.75) is 45.9 Å². The molecule has 0 heterocycles. The number of nitrogens with zero attached hydrogens (tertiary/aromatic N) is 2. The molecule has 0 radical (unpaired) electrons. The number of hydrogen-bond donors (Lipinski definition) is 2. The van der Waals surface area contributed by atoms with Gasteiger partial charge in [-0.15, -0.1) is 0 Å². The quantitative estimate of drug-likeness (QED) is 0.600. The van der Waals surface area contributed by atoms with Crippen molar-refractivity contribution in [3.8, 4) is 6.07 Å². The van der Waals surface area contributed by atoms with E-state index >= 15 is 0 Å². The third-order valence-corrected chi connectivity index (χ3v) is 4.70. The van der Waals surface area contributed by atoms with Gasteiger partial charge in [-0.1, -0.05) is 54.6 Å². The average Bonchev–Trinajstić information content (AvgIpc) is 2.76. The highest BCUT2D eigenvalue weighted by atomic mass is 16.6. The van der Waals surface area contributed by atoms with Crippen LogP contribution in [0.4, 0.5) is 4.79 Å². The highest BCUT2D eigenvalue weighted by molar-refractivity contribution is 5.90. The molecule has 3 amide bonds. The van der Waals surface area contributed by atoms with Crippen molar-refractivity contribution in [3.63, 3.8) is 0 Å². The van der Waals surface area contributed by atoms with E-state index in [1.54, 1.807) is 32.9 Å². The number of carbonyl (C=O) groups excluding carboxylic acids is 3. The lowest BCUT2D eigenvalue weighted by Crippen LogP contribution is -2.48. The Bertz CT molecular complexity index is 1010. The number of rotatable bonds is 8. The van der Waals surface area contributed by atoms with E-state index in [2.05, 4.69) is 10.6 Å². The molecule has 8 nitrogen and oxygen atoms in total. The monoisotopic (exact) mass is 450 g/mol. The zero-order chi connectivity index (χ0) is 24.4. The number of benzene rings is 2. The molecule has 2 aromatic rings. The van der Waals surface area contributed by atoms with Crippen LogP contribution in [0, 0.1) is 18.3 Å².